The lowest BCUT2D eigenvalue weighted by Gasteiger charge is -2.32. The van der Waals surface area contributed by atoms with Gasteiger partial charge in [-0.3, -0.25) is 9.59 Å². The van der Waals surface area contributed by atoms with Gasteiger partial charge in [-0.2, -0.15) is 0 Å². The zero-order chi connectivity index (χ0) is 24.5. The van der Waals surface area contributed by atoms with Crippen molar-refractivity contribution in [3.8, 4) is 0 Å². The molecule has 3 rings (SSSR count). The van der Waals surface area contributed by atoms with Gasteiger partial charge in [0, 0.05) is 24.0 Å². The van der Waals surface area contributed by atoms with Crippen LogP contribution in [0.2, 0.25) is 5.02 Å². The fourth-order valence-corrected chi connectivity index (χ4v) is 4.14. The Morgan fingerprint density at radius 1 is 0.912 bits per heavy atom. The van der Waals surface area contributed by atoms with Gasteiger partial charge in [0.2, 0.25) is 11.8 Å². The minimum absolute atomic E-state index is 0.0191. The van der Waals surface area contributed by atoms with E-state index in [9.17, 15) is 9.59 Å². The van der Waals surface area contributed by atoms with Gasteiger partial charge in [-0.25, -0.2) is 0 Å². The maximum absolute atomic E-state index is 13.7. The second-order valence-corrected chi connectivity index (χ2v) is 9.28. The van der Waals surface area contributed by atoms with Crippen molar-refractivity contribution in [3.05, 3.63) is 106 Å². The van der Waals surface area contributed by atoms with Crippen LogP contribution < -0.4 is 5.32 Å². The summed E-state index contributed by atoms with van der Waals surface area (Å²) in [5.41, 5.74) is 3.93. The van der Waals surface area contributed by atoms with Crippen LogP contribution in [-0.2, 0) is 29.0 Å². The number of carbonyl (C=O) groups excluding carboxylic acids is 2. The smallest absolute Gasteiger partial charge is 0.243 e. The van der Waals surface area contributed by atoms with E-state index in [0.717, 1.165) is 28.7 Å². The van der Waals surface area contributed by atoms with Crippen LogP contribution in [-0.4, -0.2) is 28.8 Å². The number of hydrogen-bond donors (Lipinski definition) is 1. The summed E-state index contributed by atoms with van der Waals surface area (Å²) in [5.74, 6) is -0.233. The standard InChI is InChI=1S/C29H33ClN2O2/c1-4-22(3)31-29(34)27(18-23-11-6-5-7-12-23)32(20-25-14-9-15-26(30)17-25)28(33)19-24-13-8-10-21(2)16-24/h5-17,22,27H,4,18-20H2,1-3H3,(H,31,34)/t22-,27-/m0/s1. The van der Waals surface area contributed by atoms with E-state index in [1.54, 1.807) is 11.0 Å². The monoisotopic (exact) mass is 476 g/mol. The second kappa shape index (κ2) is 12.4. The number of aryl methyl sites for hydroxylation is 1. The van der Waals surface area contributed by atoms with Crippen molar-refractivity contribution in [1.82, 2.24) is 10.2 Å². The Bertz CT molecular complexity index is 1100. The molecule has 4 nitrogen and oxygen atoms in total. The van der Waals surface area contributed by atoms with E-state index in [1.807, 2.05) is 93.6 Å². The first-order valence-electron chi connectivity index (χ1n) is 11.8. The average molecular weight is 477 g/mol. The molecule has 0 spiro atoms. The van der Waals surface area contributed by atoms with E-state index >= 15 is 0 Å². The number of carbonyl (C=O) groups is 2. The van der Waals surface area contributed by atoms with Crippen molar-refractivity contribution in [2.45, 2.75) is 58.7 Å². The molecule has 0 aliphatic rings. The minimum atomic E-state index is -0.646. The first kappa shape index (κ1) is 25.5. The maximum Gasteiger partial charge on any atom is 0.243 e. The molecule has 2 atom stereocenters. The molecule has 2 amide bonds. The lowest BCUT2D eigenvalue weighted by atomic mass is 10.0. The number of benzene rings is 3. The van der Waals surface area contributed by atoms with E-state index in [0.29, 0.717) is 18.0 Å². The maximum atomic E-state index is 13.7. The van der Waals surface area contributed by atoms with Gasteiger partial charge in [-0.05, 0) is 49.1 Å². The molecule has 1 N–H and O–H groups in total. The van der Waals surface area contributed by atoms with Crippen LogP contribution in [0.15, 0.2) is 78.9 Å². The lowest BCUT2D eigenvalue weighted by Crippen LogP contribution is -2.52. The molecule has 0 radical (unpaired) electrons. The average Bonchev–Trinajstić information content (AvgIpc) is 2.81. The van der Waals surface area contributed by atoms with E-state index in [-0.39, 0.29) is 24.3 Å². The summed E-state index contributed by atoms with van der Waals surface area (Å²) in [4.78, 5) is 28.9. The molecule has 0 fully saturated rings. The van der Waals surface area contributed by atoms with Crippen LogP contribution in [0.4, 0.5) is 0 Å². The number of halogens is 1. The molecule has 0 aliphatic heterocycles. The molecule has 0 saturated heterocycles. The normalized spacial score (nSPS) is 12.6. The van der Waals surface area contributed by atoms with Gasteiger partial charge in [0.1, 0.15) is 6.04 Å². The number of nitrogens with zero attached hydrogens (tertiary/aromatic N) is 1. The highest BCUT2D eigenvalue weighted by Gasteiger charge is 2.31. The van der Waals surface area contributed by atoms with Crippen LogP contribution in [0.3, 0.4) is 0 Å². The summed E-state index contributed by atoms with van der Waals surface area (Å²) >= 11 is 6.23. The molecule has 0 heterocycles. The molecular weight excluding hydrogens is 444 g/mol. The fourth-order valence-electron chi connectivity index (χ4n) is 3.93. The zero-order valence-corrected chi connectivity index (χ0v) is 20.9. The third-order valence-corrected chi connectivity index (χ3v) is 6.19. The summed E-state index contributed by atoms with van der Waals surface area (Å²) in [6.07, 6.45) is 1.47. The Balaban J connectivity index is 1.97. The van der Waals surface area contributed by atoms with Crippen molar-refractivity contribution in [2.75, 3.05) is 0 Å². The van der Waals surface area contributed by atoms with Gasteiger partial charge in [0.25, 0.3) is 0 Å². The summed E-state index contributed by atoms with van der Waals surface area (Å²) < 4.78 is 0. The predicted molar refractivity (Wildman–Crippen MR) is 139 cm³/mol. The molecule has 0 bridgehead atoms. The summed E-state index contributed by atoms with van der Waals surface area (Å²) in [6.45, 7) is 6.32. The van der Waals surface area contributed by atoms with Crippen LogP contribution in [0.5, 0.6) is 0 Å². The number of amides is 2. The number of nitrogens with one attached hydrogen (secondary N) is 1. The highest BCUT2D eigenvalue weighted by molar-refractivity contribution is 6.30. The van der Waals surface area contributed by atoms with Crippen molar-refractivity contribution in [3.63, 3.8) is 0 Å². The van der Waals surface area contributed by atoms with Crippen molar-refractivity contribution in [2.24, 2.45) is 0 Å². The molecular formula is C29H33ClN2O2. The minimum Gasteiger partial charge on any atom is -0.352 e. The highest BCUT2D eigenvalue weighted by atomic mass is 35.5. The third kappa shape index (κ3) is 7.46. The SMILES string of the molecule is CC[C@H](C)NC(=O)[C@H](Cc1ccccc1)N(Cc1cccc(Cl)c1)C(=O)Cc1cccc(C)c1. The van der Waals surface area contributed by atoms with Crippen LogP contribution in [0.1, 0.15) is 42.5 Å². The van der Waals surface area contributed by atoms with Gasteiger partial charge in [0.05, 0.1) is 6.42 Å². The van der Waals surface area contributed by atoms with Gasteiger partial charge in [0.15, 0.2) is 0 Å². The quantitative estimate of drug-likeness (QED) is 0.405. The lowest BCUT2D eigenvalue weighted by molar-refractivity contribution is -0.141. The number of rotatable bonds is 10. The molecule has 3 aromatic rings. The summed E-state index contributed by atoms with van der Waals surface area (Å²) in [5, 5.41) is 3.70. The molecule has 0 unspecified atom stereocenters. The van der Waals surface area contributed by atoms with Crippen LogP contribution >= 0.6 is 11.6 Å². The molecule has 178 valence electrons. The molecule has 0 saturated carbocycles. The van der Waals surface area contributed by atoms with Crippen molar-refractivity contribution >= 4 is 23.4 Å². The number of hydrogen-bond acceptors (Lipinski definition) is 2. The van der Waals surface area contributed by atoms with E-state index < -0.39 is 6.04 Å². The second-order valence-electron chi connectivity index (χ2n) is 8.84. The van der Waals surface area contributed by atoms with Crippen LogP contribution in [0.25, 0.3) is 0 Å². The first-order valence-corrected chi connectivity index (χ1v) is 12.2. The van der Waals surface area contributed by atoms with Crippen molar-refractivity contribution < 1.29 is 9.59 Å². The molecule has 3 aromatic carbocycles. The van der Waals surface area contributed by atoms with E-state index in [1.165, 1.54) is 0 Å². The first-order chi connectivity index (χ1) is 16.4. The Morgan fingerprint density at radius 2 is 1.59 bits per heavy atom. The molecule has 0 aliphatic carbocycles. The third-order valence-electron chi connectivity index (χ3n) is 5.95. The van der Waals surface area contributed by atoms with Gasteiger partial charge < -0.3 is 10.2 Å². The summed E-state index contributed by atoms with van der Waals surface area (Å²) in [6, 6.07) is 24.6. The summed E-state index contributed by atoms with van der Waals surface area (Å²) in [7, 11) is 0. The predicted octanol–water partition coefficient (Wildman–Crippen LogP) is 5.75. The molecule has 34 heavy (non-hydrogen) atoms. The Hall–Kier alpha value is -3.11. The van der Waals surface area contributed by atoms with Gasteiger partial charge in [-0.1, -0.05) is 90.8 Å². The van der Waals surface area contributed by atoms with Gasteiger partial charge in [-0.15, -0.1) is 0 Å². The Labute approximate surface area is 207 Å². The van der Waals surface area contributed by atoms with Gasteiger partial charge >= 0.3 is 0 Å². The Kier molecular flexibility index (Phi) is 9.29. The van der Waals surface area contributed by atoms with E-state index in [4.69, 9.17) is 11.6 Å². The molecule has 5 heteroatoms. The largest absolute Gasteiger partial charge is 0.352 e. The zero-order valence-electron chi connectivity index (χ0n) is 20.1. The highest BCUT2D eigenvalue weighted by Crippen LogP contribution is 2.19. The van der Waals surface area contributed by atoms with Crippen LogP contribution in [0, 0.1) is 6.92 Å². The molecule has 0 aromatic heterocycles. The van der Waals surface area contributed by atoms with Crippen molar-refractivity contribution in [1.29, 1.82) is 0 Å². The topological polar surface area (TPSA) is 49.4 Å². The Morgan fingerprint density at radius 3 is 2.26 bits per heavy atom. The van der Waals surface area contributed by atoms with E-state index in [2.05, 4.69) is 5.32 Å². The fraction of sp³-hybridized carbons (Fsp3) is 0.310.